The number of carboxylic acid groups (broad SMARTS) is 1. The SMILES string of the molecule is N#Cc1ccc(-c2cc(C(=O)[O-])c3c(ccc4ccccc43)n2)cc1. The fraction of sp³-hybridized carbons (Fsp3) is 0. The third-order valence-corrected chi connectivity index (χ3v) is 4.23. The number of nitrogens with zero attached hydrogens (tertiary/aromatic N) is 2. The Balaban J connectivity index is 2.04. The van der Waals surface area contributed by atoms with E-state index in [9.17, 15) is 9.90 Å². The number of carbonyl (C=O) groups excluding carboxylic acids is 1. The van der Waals surface area contributed by atoms with Crippen LogP contribution in [0.25, 0.3) is 32.9 Å². The van der Waals surface area contributed by atoms with Crippen LogP contribution in [0.15, 0.2) is 66.7 Å². The summed E-state index contributed by atoms with van der Waals surface area (Å²) >= 11 is 0. The molecule has 0 N–H and O–H groups in total. The number of carboxylic acids is 1. The van der Waals surface area contributed by atoms with Gasteiger partial charge in [-0.25, -0.2) is 4.98 Å². The average Bonchev–Trinajstić information content (AvgIpc) is 2.66. The number of carbonyl (C=O) groups is 1. The summed E-state index contributed by atoms with van der Waals surface area (Å²) in [5.41, 5.74) is 2.53. The number of aromatic carboxylic acids is 1. The van der Waals surface area contributed by atoms with Crippen LogP contribution >= 0.6 is 0 Å². The number of benzene rings is 3. The molecular formula is C21H11N2O2-. The predicted octanol–water partition coefficient (Wildman–Crippen LogP) is 3.29. The fourth-order valence-corrected chi connectivity index (χ4v) is 3.03. The number of fused-ring (bicyclic) bond motifs is 3. The van der Waals surface area contributed by atoms with Crippen molar-refractivity contribution in [3.63, 3.8) is 0 Å². The van der Waals surface area contributed by atoms with Crippen molar-refractivity contribution < 1.29 is 9.90 Å². The minimum absolute atomic E-state index is 0.112. The quantitative estimate of drug-likeness (QED) is 0.530. The number of pyridine rings is 1. The van der Waals surface area contributed by atoms with Gasteiger partial charge in [-0.05, 0) is 35.0 Å². The molecule has 0 aliphatic carbocycles. The Morgan fingerprint density at radius 1 is 1.00 bits per heavy atom. The van der Waals surface area contributed by atoms with Crippen LogP contribution in [0.3, 0.4) is 0 Å². The molecule has 0 radical (unpaired) electrons. The van der Waals surface area contributed by atoms with E-state index in [4.69, 9.17) is 5.26 Å². The van der Waals surface area contributed by atoms with E-state index < -0.39 is 5.97 Å². The summed E-state index contributed by atoms with van der Waals surface area (Å²) in [6, 6.07) is 21.8. The van der Waals surface area contributed by atoms with E-state index in [1.54, 1.807) is 24.3 Å². The van der Waals surface area contributed by atoms with Crippen molar-refractivity contribution in [1.82, 2.24) is 4.98 Å². The summed E-state index contributed by atoms with van der Waals surface area (Å²) in [7, 11) is 0. The largest absolute Gasteiger partial charge is 0.545 e. The van der Waals surface area contributed by atoms with Gasteiger partial charge in [0.15, 0.2) is 0 Å². The van der Waals surface area contributed by atoms with Gasteiger partial charge in [-0.15, -0.1) is 0 Å². The Morgan fingerprint density at radius 2 is 1.76 bits per heavy atom. The molecule has 3 aromatic carbocycles. The van der Waals surface area contributed by atoms with Gasteiger partial charge in [0.25, 0.3) is 0 Å². The number of hydrogen-bond donors (Lipinski definition) is 0. The van der Waals surface area contributed by atoms with Crippen LogP contribution < -0.4 is 5.11 Å². The molecule has 118 valence electrons. The third-order valence-electron chi connectivity index (χ3n) is 4.23. The van der Waals surface area contributed by atoms with Gasteiger partial charge in [0.2, 0.25) is 0 Å². The maximum atomic E-state index is 11.8. The summed E-state index contributed by atoms with van der Waals surface area (Å²) in [6.07, 6.45) is 0. The van der Waals surface area contributed by atoms with Crippen molar-refractivity contribution >= 4 is 27.6 Å². The van der Waals surface area contributed by atoms with Gasteiger partial charge >= 0.3 is 0 Å². The first kappa shape index (κ1) is 14.9. The standard InChI is InChI=1S/C21H12N2O2/c22-12-13-5-7-15(8-6-13)19-11-17(21(24)25)20-16-4-2-1-3-14(16)9-10-18(20)23-19/h1-11H,(H,24,25)/p-1. The Morgan fingerprint density at radius 3 is 2.48 bits per heavy atom. The molecule has 0 aliphatic heterocycles. The Kier molecular flexibility index (Phi) is 3.41. The van der Waals surface area contributed by atoms with Crippen molar-refractivity contribution in [2.24, 2.45) is 0 Å². The van der Waals surface area contributed by atoms with Gasteiger partial charge in [0.05, 0.1) is 28.8 Å². The van der Waals surface area contributed by atoms with Crippen LogP contribution in [-0.4, -0.2) is 11.0 Å². The molecule has 0 saturated heterocycles. The van der Waals surface area contributed by atoms with Crippen LogP contribution in [0.2, 0.25) is 0 Å². The monoisotopic (exact) mass is 323 g/mol. The van der Waals surface area contributed by atoms with Crippen molar-refractivity contribution in [1.29, 1.82) is 5.26 Å². The zero-order valence-corrected chi connectivity index (χ0v) is 13.1. The van der Waals surface area contributed by atoms with Crippen LogP contribution in [0.4, 0.5) is 0 Å². The molecule has 0 spiro atoms. The summed E-state index contributed by atoms with van der Waals surface area (Å²) in [6.45, 7) is 0. The van der Waals surface area contributed by atoms with Gasteiger partial charge in [-0.1, -0.05) is 42.5 Å². The van der Waals surface area contributed by atoms with Crippen LogP contribution in [-0.2, 0) is 0 Å². The number of rotatable bonds is 2. The minimum atomic E-state index is -1.24. The first-order valence-electron chi connectivity index (χ1n) is 7.72. The van der Waals surface area contributed by atoms with E-state index in [-0.39, 0.29) is 5.56 Å². The van der Waals surface area contributed by atoms with E-state index >= 15 is 0 Å². The number of aromatic nitrogens is 1. The zero-order valence-electron chi connectivity index (χ0n) is 13.1. The minimum Gasteiger partial charge on any atom is -0.545 e. The molecule has 0 aliphatic rings. The van der Waals surface area contributed by atoms with Crippen LogP contribution in [0, 0.1) is 11.3 Å². The topological polar surface area (TPSA) is 76.8 Å². The molecule has 0 unspecified atom stereocenters. The number of hydrogen-bond acceptors (Lipinski definition) is 4. The smallest absolute Gasteiger partial charge is 0.0991 e. The molecule has 4 heteroatoms. The second kappa shape index (κ2) is 5.73. The second-order valence-electron chi connectivity index (χ2n) is 5.71. The average molecular weight is 323 g/mol. The third kappa shape index (κ3) is 2.48. The van der Waals surface area contributed by atoms with Gasteiger partial charge < -0.3 is 9.90 Å². The van der Waals surface area contributed by atoms with E-state index in [0.29, 0.717) is 22.2 Å². The van der Waals surface area contributed by atoms with E-state index in [2.05, 4.69) is 11.1 Å². The fourth-order valence-electron chi connectivity index (χ4n) is 3.03. The maximum Gasteiger partial charge on any atom is 0.0991 e. The van der Waals surface area contributed by atoms with Crippen molar-refractivity contribution in [3.8, 4) is 17.3 Å². The first-order valence-corrected chi connectivity index (χ1v) is 7.72. The summed E-state index contributed by atoms with van der Waals surface area (Å²) in [4.78, 5) is 16.4. The molecule has 0 amide bonds. The van der Waals surface area contributed by atoms with Crippen molar-refractivity contribution in [3.05, 3.63) is 77.9 Å². The zero-order chi connectivity index (χ0) is 17.4. The Bertz CT molecular complexity index is 1170. The Labute approximate surface area is 143 Å². The second-order valence-corrected chi connectivity index (χ2v) is 5.71. The first-order chi connectivity index (χ1) is 12.2. The predicted molar refractivity (Wildman–Crippen MR) is 93.7 cm³/mol. The molecule has 25 heavy (non-hydrogen) atoms. The van der Waals surface area contributed by atoms with Crippen LogP contribution in [0.5, 0.6) is 0 Å². The van der Waals surface area contributed by atoms with Gasteiger partial charge in [0, 0.05) is 16.5 Å². The molecule has 4 aromatic rings. The molecule has 0 fully saturated rings. The summed E-state index contributed by atoms with van der Waals surface area (Å²) < 4.78 is 0. The highest BCUT2D eigenvalue weighted by Crippen LogP contribution is 2.30. The summed E-state index contributed by atoms with van der Waals surface area (Å²) in [5.74, 6) is -1.24. The molecule has 4 nitrogen and oxygen atoms in total. The lowest BCUT2D eigenvalue weighted by Crippen LogP contribution is -2.22. The molecule has 4 rings (SSSR count). The maximum absolute atomic E-state index is 11.8. The number of nitriles is 1. The highest BCUT2D eigenvalue weighted by Gasteiger charge is 2.11. The van der Waals surface area contributed by atoms with E-state index in [1.807, 2.05) is 36.4 Å². The van der Waals surface area contributed by atoms with Crippen molar-refractivity contribution in [2.75, 3.05) is 0 Å². The van der Waals surface area contributed by atoms with Gasteiger partial charge in [-0.2, -0.15) is 5.26 Å². The normalized spacial score (nSPS) is 10.7. The molecule has 0 saturated carbocycles. The molecule has 0 bridgehead atoms. The van der Waals surface area contributed by atoms with E-state index in [1.165, 1.54) is 6.07 Å². The lowest BCUT2D eigenvalue weighted by atomic mass is 9.98. The molecule has 0 atom stereocenters. The lowest BCUT2D eigenvalue weighted by molar-refractivity contribution is -0.254. The molecule has 1 heterocycles. The van der Waals surface area contributed by atoms with E-state index in [0.717, 1.165) is 16.3 Å². The highest BCUT2D eigenvalue weighted by molar-refractivity contribution is 6.15. The van der Waals surface area contributed by atoms with Crippen molar-refractivity contribution in [2.45, 2.75) is 0 Å². The lowest BCUT2D eigenvalue weighted by Gasteiger charge is -2.13. The molecule has 1 aromatic heterocycles. The highest BCUT2D eigenvalue weighted by atomic mass is 16.4. The Hall–Kier alpha value is -3.71. The van der Waals surface area contributed by atoms with Crippen LogP contribution in [0.1, 0.15) is 15.9 Å². The summed E-state index contributed by atoms with van der Waals surface area (Å²) in [5, 5.41) is 23.0. The van der Waals surface area contributed by atoms with Gasteiger partial charge in [-0.3, -0.25) is 0 Å². The van der Waals surface area contributed by atoms with Gasteiger partial charge in [0.1, 0.15) is 0 Å². The molecular weight excluding hydrogens is 312 g/mol.